The van der Waals surface area contributed by atoms with Gasteiger partial charge in [0.15, 0.2) is 0 Å². The fourth-order valence-corrected chi connectivity index (χ4v) is 1.47. The molecule has 0 aromatic heterocycles. The molecule has 0 amide bonds. The number of allylic oxidation sites excluding steroid dienone is 4. The minimum Gasteiger partial charge on any atom is -0.106 e. The van der Waals surface area contributed by atoms with Crippen molar-refractivity contribution in [1.29, 1.82) is 0 Å². The zero-order chi connectivity index (χ0) is 15.4. The lowest BCUT2D eigenvalue weighted by Crippen LogP contribution is -1.88. The van der Waals surface area contributed by atoms with Gasteiger partial charge in [-0.15, -0.1) is 13.2 Å². The van der Waals surface area contributed by atoms with Crippen molar-refractivity contribution in [2.45, 2.75) is 81.1 Å². The van der Waals surface area contributed by atoms with Gasteiger partial charge in [0, 0.05) is 0 Å². The Morgan fingerprint density at radius 1 is 0.833 bits per heavy atom. The molecule has 0 nitrogen and oxygen atoms in total. The highest BCUT2D eigenvalue weighted by molar-refractivity contribution is 5.29. The molecule has 0 saturated carbocycles. The smallest absolute Gasteiger partial charge is 0.0280 e. The van der Waals surface area contributed by atoms with Gasteiger partial charge in [-0.25, -0.2) is 0 Å². The van der Waals surface area contributed by atoms with Crippen molar-refractivity contribution in [1.82, 2.24) is 0 Å². The molecule has 110 valence electrons. The molecule has 0 radical (unpaired) electrons. The van der Waals surface area contributed by atoms with Gasteiger partial charge in [-0.1, -0.05) is 60.1 Å². The van der Waals surface area contributed by atoms with Crippen molar-refractivity contribution >= 4 is 0 Å². The summed E-state index contributed by atoms with van der Waals surface area (Å²) in [5.41, 5.74) is 3.06. The van der Waals surface area contributed by atoms with E-state index >= 15 is 0 Å². The molecule has 0 spiro atoms. The van der Waals surface area contributed by atoms with E-state index < -0.39 is 0 Å². The summed E-state index contributed by atoms with van der Waals surface area (Å²) < 4.78 is 0. The molecule has 0 aliphatic heterocycles. The monoisotopic (exact) mass is 254 g/mol. The molecule has 0 aromatic rings. The first-order chi connectivity index (χ1) is 8.79. The van der Waals surface area contributed by atoms with Crippen LogP contribution in [0, 0.1) is 0 Å². The lowest BCUT2D eigenvalue weighted by atomic mass is 9.98. The summed E-state index contributed by atoms with van der Waals surface area (Å²) in [5.74, 6) is 0. The summed E-state index contributed by atoms with van der Waals surface area (Å²) in [4.78, 5) is 0. The quantitative estimate of drug-likeness (QED) is 0.356. The standard InChI is InChI=1S/C12H22.2C2H6.C2H4/c1-5-9-10-12(8-4)11(6-2)7-3;3*1-2/h6,8H,5,7,9-10H2,1-4H3;2*1-2H3;1-2H2/b11-6-,12-8-;;;. The third-order valence-electron chi connectivity index (χ3n) is 2.29. The molecule has 0 saturated heterocycles. The molecule has 0 heterocycles. The Balaban J connectivity index is -0.000000141. The van der Waals surface area contributed by atoms with Crippen LogP contribution >= 0.6 is 0 Å². The molecule has 0 unspecified atom stereocenters. The van der Waals surface area contributed by atoms with Gasteiger partial charge in [0.2, 0.25) is 0 Å². The lowest BCUT2D eigenvalue weighted by Gasteiger charge is -2.08. The molecular weight excluding hydrogens is 216 g/mol. The van der Waals surface area contributed by atoms with Crippen LogP contribution in [0.2, 0.25) is 0 Å². The maximum atomic E-state index is 3.00. The number of hydrogen-bond acceptors (Lipinski definition) is 0. The molecule has 0 aromatic carbocycles. The third-order valence-corrected chi connectivity index (χ3v) is 2.29. The average Bonchev–Trinajstić information content (AvgIpc) is 2.49. The molecular formula is C18H38. The van der Waals surface area contributed by atoms with Crippen LogP contribution in [0.4, 0.5) is 0 Å². The summed E-state index contributed by atoms with van der Waals surface area (Å²) >= 11 is 0. The Labute approximate surface area is 118 Å². The van der Waals surface area contributed by atoms with Gasteiger partial charge in [0.1, 0.15) is 0 Å². The lowest BCUT2D eigenvalue weighted by molar-refractivity contribution is 0.784. The van der Waals surface area contributed by atoms with Crippen LogP contribution in [-0.4, -0.2) is 0 Å². The number of unbranched alkanes of at least 4 members (excludes halogenated alkanes) is 1. The van der Waals surface area contributed by atoms with E-state index in [-0.39, 0.29) is 0 Å². The summed E-state index contributed by atoms with van der Waals surface area (Å²) in [6.07, 6.45) is 9.52. The van der Waals surface area contributed by atoms with E-state index in [0.29, 0.717) is 0 Å². The fourth-order valence-electron chi connectivity index (χ4n) is 1.47. The molecule has 0 rings (SSSR count). The minimum absolute atomic E-state index is 1.17. The van der Waals surface area contributed by atoms with Gasteiger partial charge in [0.25, 0.3) is 0 Å². The van der Waals surface area contributed by atoms with Gasteiger partial charge in [-0.2, -0.15) is 0 Å². The summed E-state index contributed by atoms with van der Waals surface area (Å²) in [5, 5.41) is 0. The van der Waals surface area contributed by atoms with Crippen LogP contribution in [0.25, 0.3) is 0 Å². The van der Waals surface area contributed by atoms with Crippen molar-refractivity contribution in [3.8, 4) is 0 Å². The van der Waals surface area contributed by atoms with E-state index in [4.69, 9.17) is 0 Å². The second kappa shape index (κ2) is 29.8. The third kappa shape index (κ3) is 17.6. The Bertz CT molecular complexity index is 172. The second-order valence-corrected chi connectivity index (χ2v) is 3.08. The van der Waals surface area contributed by atoms with Crippen LogP contribution in [0.5, 0.6) is 0 Å². The normalized spacial score (nSPS) is 10.0. The number of rotatable bonds is 5. The van der Waals surface area contributed by atoms with Crippen LogP contribution in [0.3, 0.4) is 0 Å². The van der Waals surface area contributed by atoms with E-state index in [2.05, 4.69) is 53.0 Å². The van der Waals surface area contributed by atoms with Crippen LogP contribution in [-0.2, 0) is 0 Å². The van der Waals surface area contributed by atoms with Crippen LogP contribution in [0.15, 0.2) is 36.5 Å². The van der Waals surface area contributed by atoms with E-state index in [1.807, 2.05) is 27.7 Å². The van der Waals surface area contributed by atoms with Gasteiger partial charge in [0.05, 0.1) is 0 Å². The Morgan fingerprint density at radius 3 is 1.44 bits per heavy atom. The van der Waals surface area contributed by atoms with Crippen molar-refractivity contribution in [3.05, 3.63) is 36.5 Å². The summed E-state index contributed by atoms with van der Waals surface area (Å²) in [6.45, 7) is 22.7. The van der Waals surface area contributed by atoms with E-state index in [1.54, 1.807) is 5.57 Å². The topological polar surface area (TPSA) is 0 Å². The molecule has 0 aliphatic carbocycles. The highest BCUT2D eigenvalue weighted by Crippen LogP contribution is 2.19. The van der Waals surface area contributed by atoms with Crippen molar-refractivity contribution in [2.24, 2.45) is 0 Å². The fraction of sp³-hybridized carbons (Fsp3) is 0.667. The zero-order valence-electron chi connectivity index (χ0n) is 14.4. The van der Waals surface area contributed by atoms with Gasteiger partial charge < -0.3 is 0 Å². The summed E-state index contributed by atoms with van der Waals surface area (Å²) in [6, 6.07) is 0. The average molecular weight is 255 g/mol. The van der Waals surface area contributed by atoms with E-state index in [1.165, 1.54) is 31.3 Å². The molecule has 0 N–H and O–H groups in total. The van der Waals surface area contributed by atoms with Gasteiger partial charge in [-0.05, 0) is 44.3 Å². The Hall–Kier alpha value is -0.780. The first kappa shape index (κ1) is 25.9. The van der Waals surface area contributed by atoms with Crippen molar-refractivity contribution < 1.29 is 0 Å². The van der Waals surface area contributed by atoms with Crippen molar-refractivity contribution in [3.63, 3.8) is 0 Å². The molecule has 0 bridgehead atoms. The predicted octanol–water partition coefficient (Wildman–Crippen LogP) is 7.33. The van der Waals surface area contributed by atoms with Crippen LogP contribution < -0.4 is 0 Å². The predicted molar refractivity (Wildman–Crippen MR) is 91.3 cm³/mol. The van der Waals surface area contributed by atoms with E-state index in [0.717, 1.165) is 0 Å². The SMILES string of the molecule is C/C=C(CC)\C(=C/C)CCCC.C=C.CC.CC. The Kier molecular flexibility index (Phi) is 43.0. The van der Waals surface area contributed by atoms with E-state index in [9.17, 15) is 0 Å². The molecule has 0 fully saturated rings. The minimum atomic E-state index is 1.17. The molecule has 0 atom stereocenters. The first-order valence-electron chi connectivity index (χ1n) is 7.60. The maximum Gasteiger partial charge on any atom is -0.0280 e. The molecule has 0 aliphatic rings. The first-order valence-corrected chi connectivity index (χ1v) is 7.60. The maximum absolute atomic E-state index is 3.00. The second-order valence-electron chi connectivity index (χ2n) is 3.08. The van der Waals surface area contributed by atoms with Gasteiger partial charge >= 0.3 is 0 Å². The van der Waals surface area contributed by atoms with Gasteiger partial charge in [-0.3, -0.25) is 0 Å². The zero-order valence-corrected chi connectivity index (χ0v) is 14.4. The Morgan fingerprint density at radius 2 is 1.22 bits per heavy atom. The highest BCUT2D eigenvalue weighted by atomic mass is 14.0. The summed E-state index contributed by atoms with van der Waals surface area (Å²) in [7, 11) is 0. The van der Waals surface area contributed by atoms with Crippen molar-refractivity contribution in [2.75, 3.05) is 0 Å². The largest absolute Gasteiger partial charge is 0.106 e. The molecule has 18 heavy (non-hydrogen) atoms. The number of hydrogen-bond donors (Lipinski definition) is 0. The molecule has 0 heteroatoms. The highest BCUT2D eigenvalue weighted by Gasteiger charge is 1.99. The van der Waals surface area contributed by atoms with Crippen LogP contribution in [0.1, 0.15) is 81.1 Å².